The summed E-state index contributed by atoms with van der Waals surface area (Å²) in [5, 5.41) is 9.59. The van der Waals surface area contributed by atoms with E-state index < -0.39 is 0 Å². The van der Waals surface area contributed by atoms with Crippen molar-refractivity contribution in [2.45, 2.75) is 18.8 Å². The third-order valence-electron chi connectivity index (χ3n) is 4.00. The van der Waals surface area contributed by atoms with Gasteiger partial charge in [0.25, 0.3) is 0 Å². The van der Waals surface area contributed by atoms with Gasteiger partial charge in [-0.15, -0.1) is 0 Å². The van der Waals surface area contributed by atoms with Gasteiger partial charge in [0.05, 0.1) is 7.11 Å². The third-order valence-corrected chi connectivity index (χ3v) is 4.00. The lowest BCUT2D eigenvalue weighted by atomic mass is 9.89. The number of aromatic hydroxyl groups is 1. The molecule has 2 aromatic rings. The number of phenolic OH excluding ortho intramolecular Hbond substituents is 1. The van der Waals surface area contributed by atoms with E-state index in [0.29, 0.717) is 17.5 Å². The summed E-state index contributed by atoms with van der Waals surface area (Å²) in [6.45, 7) is 1.89. The molecule has 0 atom stereocenters. The second kappa shape index (κ2) is 5.99. The highest BCUT2D eigenvalue weighted by molar-refractivity contribution is 5.42. The monoisotopic (exact) mass is 285 g/mol. The number of methoxy groups -OCH3 is 1. The summed E-state index contributed by atoms with van der Waals surface area (Å²) >= 11 is 0. The Morgan fingerprint density at radius 2 is 2.00 bits per heavy atom. The number of hydrogen-bond donors (Lipinski definition) is 1. The number of nitrogens with zero attached hydrogens (tertiary/aromatic N) is 3. The maximum absolute atomic E-state index is 9.59. The van der Waals surface area contributed by atoms with E-state index in [1.807, 2.05) is 18.2 Å². The number of anilines is 1. The van der Waals surface area contributed by atoms with Crippen molar-refractivity contribution < 1.29 is 9.84 Å². The summed E-state index contributed by atoms with van der Waals surface area (Å²) < 4.78 is 5.14. The van der Waals surface area contributed by atoms with Crippen molar-refractivity contribution in [3.05, 3.63) is 42.2 Å². The maximum Gasteiger partial charge on any atom is 0.218 e. The summed E-state index contributed by atoms with van der Waals surface area (Å²) in [4.78, 5) is 10.6. The smallest absolute Gasteiger partial charge is 0.218 e. The van der Waals surface area contributed by atoms with Crippen LogP contribution < -0.4 is 9.64 Å². The number of ether oxygens (including phenoxy) is 1. The van der Waals surface area contributed by atoms with E-state index in [1.165, 1.54) is 11.9 Å². The summed E-state index contributed by atoms with van der Waals surface area (Å²) in [6, 6.07) is 9.45. The maximum atomic E-state index is 9.59. The fourth-order valence-corrected chi connectivity index (χ4v) is 2.84. The first kappa shape index (κ1) is 13.7. The Morgan fingerprint density at radius 3 is 2.71 bits per heavy atom. The SMILES string of the molecule is COc1cc(N2CCC(c3cccc(O)c3)CC2)ncn1. The van der Waals surface area contributed by atoms with Crippen molar-refractivity contribution in [2.75, 3.05) is 25.1 Å². The average Bonchev–Trinajstić information content (AvgIpc) is 2.55. The quantitative estimate of drug-likeness (QED) is 0.939. The lowest BCUT2D eigenvalue weighted by molar-refractivity contribution is 0.396. The van der Waals surface area contributed by atoms with Crippen LogP contribution >= 0.6 is 0 Å². The average molecular weight is 285 g/mol. The molecular weight excluding hydrogens is 266 g/mol. The molecule has 1 aliphatic heterocycles. The molecule has 0 spiro atoms. The Balaban J connectivity index is 1.67. The third kappa shape index (κ3) is 3.07. The minimum Gasteiger partial charge on any atom is -0.508 e. The van der Waals surface area contributed by atoms with Gasteiger partial charge in [0, 0.05) is 19.2 Å². The molecule has 0 radical (unpaired) electrons. The normalized spacial score (nSPS) is 16.0. The first-order chi connectivity index (χ1) is 10.3. The van der Waals surface area contributed by atoms with Crippen molar-refractivity contribution >= 4 is 5.82 Å². The molecule has 1 fully saturated rings. The van der Waals surface area contributed by atoms with Gasteiger partial charge in [-0.05, 0) is 36.5 Å². The topological polar surface area (TPSA) is 58.5 Å². The number of hydrogen-bond acceptors (Lipinski definition) is 5. The van der Waals surface area contributed by atoms with Crippen molar-refractivity contribution in [3.63, 3.8) is 0 Å². The minimum absolute atomic E-state index is 0.343. The molecule has 0 bridgehead atoms. The molecule has 0 unspecified atom stereocenters. The van der Waals surface area contributed by atoms with Gasteiger partial charge in [0.2, 0.25) is 5.88 Å². The summed E-state index contributed by atoms with van der Waals surface area (Å²) in [5.41, 5.74) is 1.22. The number of aromatic nitrogens is 2. The highest BCUT2D eigenvalue weighted by atomic mass is 16.5. The van der Waals surface area contributed by atoms with E-state index >= 15 is 0 Å². The van der Waals surface area contributed by atoms with Crippen molar-refractivity contribution in [3.8, 4) is 11.6 Å². The second-order valence-corrected chi connectivity index (χ2v) is 5.27. The largest absolute Gasteiger partial charge is 0.508 e. The zero-order chi connectivity index (χ0) is 14.7. The zero-order valence-corrected chi connectivity index (χ0v) is 12.1. The summed E-state index contributed by atoms with van der Waals surface area (Å²) in [7, 11) is 1.61. The molecule has 110 valence electrons. The van der Waals surface area contributed by atoms with E-state index in [1.54, 1.807) is 13.2 Å². The molecule has 0 aliphatic carbocycles. The van der Waals surface area contributed by atoms with Crippen LogP contribution in [0.3, 0.4) is 0 Å². The van der Waals surface area contributed by atoms with Crippen LogP contribution in [-0.2, 0) is 0 Å². The fourth-order valence-electron chi connectivity index (χ4n) is 2.84. The molecule has 2 heterocycles. The molecule has 1 aliphatic rings. The van der Waals surface area contributed by atoms with Crippen LogP contribution in [0, 0.1) is 0 Å². The molecule has 1 aromatic carbocycles. The highest BCUT2D eigenvalue weighted by Crippen LogP contribution is 2.31. The van der Waals surface area contributed by atoms with Crippen molar-refractivity contribution in [1.82, 2.24) is 9.97 Å². The molecule has 1 saturated heterocycles. The van der Waals surface area contributed by atoms with Crippen LogP contribution in [0.5, 0.6) is 11.6 Å². The van der Waals surface area contributed by atoms with Crippen LogP contribution in [0.1, 0.15) is 24.3 Å². The molecule has 1 N–H and O–H groups in total. The van der Waals surface area contributed by atoms with Crippen LogP contribution in [0.25, 0.3) is 0 Å². The fraction of sp³-hybridized carbons (Fsp3) is 0.375. The van der Waals surface area contributed by atoms with Crippen LogP contribution in [-0.4, -0.2) is 35.3 Å². The summed E-state index contributed by atoms with van der Waals surface area (Å²) in [5.74, 6) is 2.35. The zero-order valence-electron chi connectivity index (χ0n) is 12.1. The van der Waals surface area contributed by atoms with Crippen LogP contribution in [0.2, 0.25) is 0 Å². The Kier molecular flexibility index (Phi) is 3.90. The van der Waals surface area contributed by atoms with Crippen LogP contribution in [0.15, 0.2) is 36.7 Å². The van der Waals surface area contributed by atoms with E-state index in [9.17, 15) is 5.11 Å². The molecule has 0 saturated carbocycles. The Hall–Kier alpha value is -2.30. The number of phenols is 1. The van der Waals surface area contributed by atoms with E-state index in [0.717, 1.165) is 31.7 Å². The number of benzene rings is 1. The van der Waals surface area contributed by atoms with Gasteiger partial charge in [-0.25, -0.2) is 9.97 Å². The molecule has 5 heteroatoms. The predicted octanol–water partition coefficient (Wildman–Crippen LogP) is 2.57. The standard InChI is InChI=1S/C16H19N3O2/c1-21-16-10-15(17-11-18-16)19-7-5-12(6-8-19)13-3-2-4-14(20)9-13/h2-4,9-12,20H,5-8H2,1H3. The molecule has 3 rings (SSSR count). The van der Waals surface area contributed by atoms with E-state index in [2.05, 4.69) is 20.9 Å². The Labute approximate surface area is 124 Å². The second-order valence-electron chi connectivity index (χ2n) is 5.27. The van der Waals surface area contributed by atoms with Gasteiger partial charge in [-0.1, -0.05) is 12.1 Å². The number of rotatable bonds is 3. The first-order valence-electron chi connectivity index (χ1n) is 7.16. The van der Waals surface area contributed by atoms with Crippen molar-refractivity contribution in [1.29, 1.82) is 0 Å². The molecule has 1 aromatic heterocycles. The number of piperidine rings is 1. The van der Waals surface area contributed by atoms with Gasteiger partial charge in [-0.3, -0.25) is 0 Å². The van der Waals surface area contributed by atoms with Crippen molar-refractivity contribution in [2.24, 2.45) is 0 Å². The van der Waals surface area contributed by atoms with Gasteiger partial charge in [0.1, 0.15) is 17.9 Å². The Morgan fingerprint density at radius 1 is 1.19 bits per heavy atom. The van der Waals surface area contributed by atoms with Crippen LogP contribution in [0.4, 0.5) is 5.82 Å². The van der Waals surface area contributed by atoms with Gasteiger partial charge >= 0.3 is 0 Å². The van der Waals surface area contributed by atoms with Gasteiger partial charge in [0.15, 0.2) is 0 Å². The van der Waals surface area contributed by atoms with E-state index in [4.69, 9.17) is 4.74 Å². The lowest BCUT2D eigenvalue weighted by Gasteiger charge is -2.33. The van der Waals surface area contributed by atoms with Gasteiger partial charge in [-0.2, -0.15) is 0 Å². The highest BCUT2D eigenvalue weighted by Gasteiger charge is 2.22. The van der Waals surface area contributed by atoms with E-state index in [-0.39, 0.29) is 0 Å². The summed E-state index contributed by atoms with van der Waals surface area (Å²) in [6.07, 6.45) is 3.64. The molecule has 0 amide bonds. The minimum atomic E-state index is 0.343. The van der Waals surface area contributed by atoms with Gasteiger partial charge < -0.3 is 14.7 Å². The molecular formula is C16H19N3O2. The Bertz CT molecular complexity index is 610. The first-order valence-corrected chi connectivity index (χ1v) is 7.16. The molecule has 21 heavy (non-hydrogen) atoms. The predicted molar refractivity (Wildman–Crippen MR) is 80.9 cm³/mol. The molecule has 5 nitrogen and oxygen atoms in total. The lowest BCUT2D eigenvalue weighted by Crippen LogP contribution is -2.33.